The molecule has 0 spiro atoms. The highest BCUT2D eigenvalue weighted by Gasteiger charge is 2.17. The van der Waals surface area contributed by atoms with Gasteiger partial charge in [0.2, 0.25) is 0 Å². The first-order valence-corrected chi connectivity index (χ1v) is 5.22. The molecule has 1 aromatic heterocycles. The third-order valence-electron chi connectivity index (χ3n) is 1.78. The van der Waals surface area contributed by atoms with Gasteiger partial charge in [0, 0.05) is 11.0 Å². The predicted molar refractivity (Wildman–Crippen MR) is 54.6 cm³/mol. The van der Waals surface area contributed by atoms with Gasteiger partial charge < -0.3 is 0 Å². The van der Waals surface area contributed by atoms with E-state index in [1.165, 1.54) is 0 Å². The zero-order valence-corrected chi connectivity index (χ0v) is 9.40. The summed E-state index contributed by atoms with van der Waals surface area (Å²) in [6.07, 6.45) is 1.02. The van der Waals surface area contributed by atoms with Gasteiger partial charge >= 0.3 is 0 Å². The molecular formula is C9H15BrN2. The number of hydrogen-bond acceptors (Lipinski definition) is 1. The SMILES string of the molecule is Cc1cc(CC(C)(C)CBr)n[nH]1. The first-order valence-electron chi connectivity index (χ1n) is 4.10. The highest BCUT2D eigenvalue weighted by atomic mass is 79.9. The van der Waals surface area contributed by atoms with Gasteiger partial charge in [-0.25, -0.2) is 0 Å². The largest absolute Gasteiger partial charge is 0.283 e. The van der Waals surface area contributed by atoms with Crippen molar-refractivity contribution in [3.05, 3.63) is 17.5 Å². The van der Waals surface area contributed by atoms with Gasteiger partial charge in [-0.05, 0) is 24.8 Å². The summed E-state index contributed by atoms with van der Waals surface area (Å²) in [5.41, 5.74) is 2.58. The van der Waals surface area contributed by atoms with Crippen LogP contribution >= 0.6 is 15.9 Å². The Morgan fingerprint density at radius 3 is 2.67 bits per heavy atom. The highest BCUT2D eigenvalue weighted by Crippen LogP contribution is 2.23. The van der Waals surface area contributed by atoms with Crippen molar-refractivity contribution in [2.75, 3.05) is 5.33 Å². The molecule has 0 fully saturated rings. The summed E-state index contributed by atoms with van der Waals surface area (Å²) in [5, 5.41) is 8.16. The topological polar surface area (TPSA) is 28.7 Å². The first-order chi connectivity index (χ1) is 5.53. The fourth-order valence-electron chi connectivity index (χ4n) is 1.10. The minimum Gasteiger partial charge on any atom is -0.283 e. The number of aromatic nitrogens is 2. The van der Waals surface area contributed by atoms with Crippen LogP contribution in [0.4, 0.5) is 0 Å². The minimum absolute atomic E-state index is 0.293. The molecule has 1 N–H and O–H groups in total. The molecule has 0 bridgehead atoms. The molecule has 12 heavy (non-hydrogen) atoms. The fraction of sp³-hybridized carbons (Fsp3) is 0.667. The van der Waals surface area contributed by atoms with E-state index in [9.17, 15) is 0 Å². The summed E-state index contributed by atoms with van der Waals surface area (Å²) in [5.74, 6) is 0. The van der Waals surface area contributed by atoms with Gasteiger partial charge in [-0.15, -0.1) is 0 Å². The van der Waals surface area contributed by atoms with Gasteiger partial charge in [-0.2, -0.15) is 5.10 Å². The number of H-pyrrole nitrogens is 1. The van der Waals surface area contributed by atoms with E-state index in [2.05, 4.69) is 46.0 Å². The van der Waals surface area contributed by atoms with Crippen LogP contribution in [0.25, 0.3) is 0 Å². The second kappa shape index (κ2) is 3.60. The van der Waals surface area contributed by atoms with Crippen molar-refractivity contribution in [1.82, 2.24) is 10.2 Å². The molecule has 1 aromatic rings. The second-order valence-electron chi connectivity index (χ2n) is 4.02. The van der Waals surface area contributed by atoms with Crippen molar-refractivity contribution in [1.29, 1.82) is 0 Å². The lowest BCUT2D eigenvalue weighted by atomic mass is 9.90. The van der Waals surface area contributed by atoms with E-state index in [0.29, 0.717) is 5.41 Å². The van der Waals surface area contributed by atoms with E-state index in [-0.39, 0.29) is 0 Å². The van der Waals surface area contributed by atoms with Gasteiger partial charge in [0.1, 0.15) is 0 Å². The summed E-state index contributed by atoms with van der Waals surface area (Å²) in [6, 6.07) is 2.10. The Hall–Kier alpha value is -0.310. The minimum atomic E-state index is 0.293. The molecule has 0 amide bonds. The predicted octanol–water partition coefficient (Wildman–Crippen LogP) is 2.68. The Kier molecular flexibility index (Phi) is 2.94. The van der Waals surface area contributed by atoms with E-state index in [1.54, 1.807) is 0 Å². The number of hydrogen-bond donors (Lipinski definition) is 1. The van der Waals surface area contributed by atoms with Crippen molar-refractivity contribution in [2.24, 2.45) is 5.41 Å². The maximum atomic E-state index is 4.20. The van der Waals surface area contributed by atoms with Crippen LogP contribution < -0.4 is 0 Å². The van der Waals surface area contributed by atoms with Gasteiger partial charge in [-0.1, -0.05) is 29.8 Å². The molecule has 0 unspecified atom stereocenters. The Balaban J connectivity index is 2.63. The summed E-state index contributed by atoms with van der Waals surface area (Å²) in [4.78, 5) is 0. The summed E-state index contributed by atoms with van der Waals surface area (Å²) in [6.45, 7) is 6.48. The molecule has 0 aliphatic rings. The summed E-state index contributed by atoms with van der Waals surface area (Å²) >= 11 is 3.50. The standard InChI is InChI=1S/C9H15BrN2/c1-7-4-8(12-11-7)5-9(2,3)6-10/h4H,5-6H2,1-3H3,(H,11,12). The monoisotopic (exact) mass is 230 g/mol. The molecule has 2 nitrogen and oxygen atoms in total. The number of halogens is 1. The van der Waals surface area contributed by atoms with E-state index in [0.717, 1.165) is 23.1 Å². The van der Waals surface area contributed by atoms with Crippen LogP contribution in [0.15, 0.2) is 6.07 Å². The van der Waals surface area contributed by atoms with Crippen molar-refractivity contribution < 1.29 is 0 Å². The quantitative estimate of drug-likeness (QED) is 0.796. The Labute approximate surface area is 81.9 Å². The van der Waals surface area contributed by atoms with Crippen LogP contribution in [0, 0.1) is 12.3 Å². The molecule has 68 valence electrons. The van der Waals surface area contributed by atoms with Gasteiger partial charge in [0.25, 0.3) is 0 Å². The number of nitrogens with zero attached hydrogens (tertiary/aromatic N) is 1. The lowest BCUT2D eigenvalue weighted by Crippen LogP contribution is -2.16. The van der Waals surface area contributed by atoms with E-state index in [4.69, 9.17) is 0 Å². The number of aromatic amines is 1. The second-order valence-corrected chi connectivity index (χ2v) is 4.58. The van der Waals surface area contributed by atoms with Gasteiger partial charge in [0.05, 0.1) is 5.69 Å². The van der Waals surface area contributed by atoms with Gasteiger partial charge in [0.15, 0.2) is 0 Å². The molecule has 0 saturated heterocycles. The molecule has 0 aliphatic carbocycles. The van der Waals surface area contributed by atoms with Crippen LogP contribution in [-0.4, -0.2) is 15.5 Å². The van der Waals surface area contributed by atoms with Crippen molar-refractivity contribution >= 4 is 15.9 Å². The van der Waals surface area contributed by atoms with Crippen LogP contribution in [0.2, 0.25) is 0 Å². The van der Waals surface area contributed by atoms with E-state index in [1.807, 2.05) is 6.92 Å². The van der Waals surface area contributed by atoms with Gasteiger partial charge in [-0.3, -0.25) is 5.10 Å². The number of nitrogens with one attached hydrogen (secondary N) is 1. The maximum absolute atomic E-state index is 4.20. The molecule has 0 aromatic carbocycles. The number of aryl methyl sites for hydroxylation is 1. The van der Waals surface area contributed by atoms with Crippen LogP contribution in [0.3, 0.4) is 0 Å². The lowest BCUT2D eigenvalue weighted by molar-refractivity contribution is 0.419. The fourth-order valence-corrected chi connectivity index (χ4v) is 1.30. The van der Waals surface area contributed by atoms with Crippen molar-refractivity contribution in [3.8, 4) is 0 Å². The molecule has 3 heteroatoms. The normalized spacial score (nSPS) is 12.0. The Morgan fingerprint density at radius 1 is 1.58 bits per heavy atom. The average molecular weight is 231 g/mol. The zero-order chi connectivity index (χ0) is 9.19. The maximum Gasteiger partial charge on any atom is 0.0630 e. The van der Waals surface area contributed by atoms with E-state index >= 15 is 0 Å². The van der Waals surface area contributed by atoms with Crippen LogP contribution in [-0.2, 0) is 6.42 Å². The third-order valence-corrected chi connectivity index (χ3v) is 3.30. The molecule has 1 rings (SSSR count). The third kappa shape index (κ3) is 2.63. The molecular weight excluding hydrogens is 216 g/mol. The Bertz CT molecular complexity index is 253. The average Bonchev–Trinajstić information content (AvgIpc) is 2.35. The lowest BCUT2D eigenvalue weighted by Gasteiger charge is -2.19. The smallest absolute Gasteiger partial charge is 0.0630 e. The first kappa shape index (κ1) is 9.78. The van der Waals surface area contributed by atoms with Crippen LogP contribution in [0.1, 0.15) is 25.2 Å². The van der Waals surface area contributed by atoms with Crippen molar-refractivity contribution in [3.63, 3.8) is 0 Å². The molecule has 1 heterocycles. The molecule has 0 atom stereocenters. The van der Waals surface area contributed by atoms with Crippen LogP contribution in [0.5, 0.6) is 0 Å². The summed E-state index contributed by atoms with van der Waals surface area (Å²) < 4.78 is 0. The zero-order valence-electron chi connectivity index (χ0n) is 7.82. The number of alkyl halides is 1. The molecule has 0 radical (unpaired) electrons. The Morgan fingerprint density at radius 2 is 2.25 bits per heavy atom. The summed E-state index contributed by atoms with van der Waals surface area (Å²) in [7, 11) is 0. The highest BCUT2D eigenvalue weighted by molar-refractivity contribution is 9.09. The molecule has 0 saturated carbocycles. The molecule has 0 aliphatic heterocycles. The van der Waals surface area contributed by atoms with E-state index < -0.39 is 0 Å². The number of rotatable bonds is 3. The van der Waals surface area contributed by atoms with Crippen molar-refractivity contribution in [2.45, 2.75) is 27.2 Å².